The maximum absolute atomic E-state index is 13.5. The summed E-state index contributed by atoms with van der Waals surface area (Å²) < 4.78 is 21.3. The Labute approximate surface area is 203 Å². The van der Waals surface area contributed by atoms with Gasteiger partial charge >= 0.3 is 0 Å². The molecule has 0 aliphatic carbocycles. The van der Waals surface area contributed by atoms with Crippen LogP contribution in [-0.4, -0.2) is 59.9 Å². The van der Waals surface area contributed by atoms with Crippen LogP contribution in [0.3, 0.4) is 0 Å². The molecule has 7 nitrogen and oxygen atoms in total. The van der Waals surface area contributed by atoms with Gasteiger partial charge in [-0.2, -0.15) is 5.10 Å². The molecule has 0 unspecified atom stereocenters. The van der Waals surface area contributed by atoms with Gasteiger partial charge in [0.15, 0.2) is 0 Å². The van der Waals surface area contributed by atoms with Gasteiger partial charge in [-0.15, -0.1) is 0 Å². The molecule has 1 aromatic heterocycles. The number of benzene rings is 2. The van der Waals surface area contributed by atoms with Crippen LogP contribution in [-0.2, 0) is 7.05 Å². The zero-order valence-electron chi connectivity index (χ0n) is 19.4. The number of rotatable bonds is 8. The fraction of sp³-hybridized carbons (Fsp3) is 0.360. The Hall–Kier alpha value is -2.94. The first-order chi connectivity index (χ1) is 16.4. The molecule has 1 aliphatic rings. The predicted molar refractivity (Wildman–Crippen MR) is 132 cm³/mol. The number of ether oxygens (including phenoxy) is 1. The Morgan fingerprint density at radius 3 is 2.71 bits per heavy atom. The third kappa shape index (κ3) is 5.94. The summed E-state index contributed by atoms with van der Waals surface area (Å²) in [6, 6.07) is 11.4. The van der Waals surface area contributed by atoms with E-state index in [4.69, 9.17) is 16.3 Å². The Morgan fingerprint density at radius 2 is 2.00 bits per heavy atom. The van der Waals surface area contributed by atoms with Crippen molar-refractivity contribution in [2.45, 2.75) is 18.9 Å². The lowest BCUT2D eigenvalue weighted by molar-refractivity contribution is 0.102. The average Bonchev–Trinajstić information content (AvgIpc) is 3.16. The summed E-state index contributed by atoms with van der Waals surface area (Å²) in [5.74, 6) is -0.232. The number of likely N-dealkylation sites (tertiary alicyclic amines) is 1. The zero-order chi connectivity index (χ0) is 24.1. The minimum atomic E-state index is -0.465. The van der Waals surface area contributed by atoms with Gasteiger partial charge in [0.2, 0.25) is 0 Å². The second-order valence-electron chi connectivity index (χ2n) is 8.52. The Morgan fingerprint density at radius 1 is 1.21 bits per heavy atom. The number of carbonyl (C=O) groups excluding carboxylic acids is 1. The molecule has 4 rings (SSSR count). The molecule has 2 N–H and O–H groups in total. The number of aromatic nitrogens is 2. The van der Waals surface area contributed by atoms with E-state index in [0.29, 0.717) is 40.4 Å². The molecule has 0 bridgehead atoms. The molecule has 9 heteroatoms. The van der Waals surface area contributed by atoms with E-state index in [-0.39, 0.29) is 5.56 Å². The number of nitrogens with one attached hydrogen (secondary N) is 2. The maximum Gasteiger partial charge on any atom is 0.255 e. The average molecular weight is 486 g/mol. The molecule has 3 aromatic rings. The third-order valence-corrected chi connectivity index (χ3v) is 6.26. The number of halogens is 2. The second kappa shape index (κ2) is 11.0. The first kappa shape index (κ1) is 24.2. The topological polar surface area (TPSA) is 71.4 Å². The lowest BCUT2D eigenvalue weighted by atomic mass is 10.1. The number of piperidine rings is 1. The summed E-state index contributed by atoms with van der Waals surface area (Å²) in [5, 5.41) is 11.1. The molecule has 1 amide bonds. The van der Waals surface area contributed by atoms with E-state index in [1.807, 2.05) is 0 Å². The lowest BCUT2D eigenvalue weighted by Crippen LogP contribution is -2.42. The van der Waals surface area contributed by atoms with Gasteiger partial charge in [0.1, 0.15) is 18.2 Å². The number of nitrogens with zero attached hydrogens (tertiary/aromatic N) is 3. The quantitative estimate of drug-likeness (QED) is 0.468. The van der Waals surface area contributed by atoms with Crippen molar-refractivity contribution in [2.24, 2.45) is 7.05 Å². The molecule has 1 aliphatic heterocycles. The molecule has 0 atom stereocenters. The van der Waals surface area contributed by atoms with Gasteiger partial charge in [0, 0.05) is 36.4 Å². The number of anilines is 1. The molecule has 34 heavy (non-hydrogen) atoms. The van der Waals surface area contributed by atoms with Gasteiger partial charge in [-0.05, 0) is 69.4 Å². The number of amides is 1. The normalized spacial score (nSPS) is 14.8. The van der Waals surface area contributed by atoms with Crippen molar-refractivity contribution in [1.82, 2.24) is 20.0 Å². The van der Waals surface area contributed by atoms with Crippen molar-refractivity contribution >= 4 is 23.2 Å². The summed E-state index contributed by atoms with van der Waals surface area (Å²) in [6.07, 6.45) is 3.83. The first-order valence-corrected chi connectivity index (χ1v) is 11.7. The van der Waals surface area contributed by atoms with E-state index < -0.39 is 11.7 Å². The SMILES string of the molecule is CN1CCC(NCCOc2ccc(NC(=O)c3cccc(F)c3)cc2-c2c(Cl)cnn2C)CC1. The van der Waals surface area contributed by atoms with Gasteiger partial charge in [-0.1, -0.05) is 17.7 Å². The number of hydrogen-bond acceptors (Lipinski definition) is 5. The van der Waals surface area contributed by atoms with Crippen LogP contribution in [0.4, 0.5) is 10.1 Å². The Kier molecular flexibility index (Phi) is 7.82. The summed E-state index contributed by atoms with van der Waals surface area (Å²) in [5.41, 5.74) is 2.17. The summed E-state index contributed by atoms with van der Waals surface area (Å²) in [6.45, 7) is 3.42. The van der Waals surface area contributed by atoms with Crippen molar-refractivity contribution in [3.63, 3.8) is 0 Å². The number of carbonyl (C=O) groups is 1. The van der Waals surface area contributed by atoms with E-state index in [9.17, 15) is 9.18 Å². The van der Waals surface area contributed by atoms with E-state index in [1.54, 1.807) is 42.2 Å². The molecule has 2 aromatic carbocycles. The molecule has 2 heterocycles. The van der Waals surface area contributed by atoms with Crippen LogP contribution >= 0.6 is 11.6 Å². The van der Waals surface area contributed by atoms with Crippen molar-refractivity contribution in [3.05, 3.63) is 65.1 Å². The zero-order valence-corrected chi connectivity index (χ0v) is 20.1. The summed E-state index contributed by atoms with van der Waals surface area (Å²) in [4.78, 5) is 14.9. The smallest absolute Gasteiger partial charge is 0.255 e. The predicted octanol–water partition coefficient (Wildman–Crippen LogP) is 4.19. The van der Waals surface area contributed by atoms with Crippen LogP contribution in [0.15, 0.2) is 48.7 Å². The van der Waals surface area contributed by atoms with Crippen LogP contribution in [0.5, 0.6) is 5.75 Å². The number of aryl methyl sites for hydroxylation is 1. The Balaban J connectivity index is 1.48. The van der Waals surface area contributed by atoms with Crippen LogP contribution in [0.25, 0.3) is 11.3 Å². The molecule has 1 saturated heterocycles. The highest BCUT2D eigenvalue weighted by Crippen LogP contribution is 2.36. The molecule has 0 spiro atoms. The van der Waals surface area contributed by atoms with E-state index in [0.717, 1.165) is 32.5 Å². The van der Waals surface area contributed by atoms with Gasteiger partial charge in [-0.3, -0.25) is 9.48 Å². The molecule has 180 valence electrons. The molecular formula is C25H29ClFN5O2. The van der Waals surface area contributed by atoms with Gasteiger partial charge in [0.25, 0.3) is 5.91 Å². The van der Waals surface area contributed by atoms with Crippen LogP contribution in [0.1, 0.15) is 23.2 Å². The largest absolute Gasteiger partial charge is 0.492 e. The minimum Gasteiger partial charge on any atom is -0.492 e. The van der Waals surface area contributed by atoms with E-state index >= 15 is 0 Å². The van der Waals surface area contributed by atoms with Crippen LogP contribution < -0.4 is 15.4 Å². The Bertz CT molecular complexity index is 1120. The number of hydrogen-bond donors (Lipinski definition) is 2. The van der Waals surface area contributed by atoms with Crippen LogP contribution in [0.2, 0.25) is 5.02 Å². The third-order valence-electron chi connectivity index (χ3n) is 5.98. The van der Waals surface area contributed by atoms with Crippen molar-refractivity contribution in [2.75, 3.05) is 38.6 Å². The minimum absolute atomic E-state index is 0.237. The molecule has 1 fully saturated rings. The fourth-order valence-corrected chi connectivity index (χ4v) is 4.37. The molecule has 0 radical (unpaired) electrons. The maximum atomic E-state index is 13.5. The van der Waals surface area contributed by atoms with E-state index in [2.05, 4.69) is 27.7 Å². The van der Waals surface area contributed by atoms with Crippen LogP contribution in [0, 0.1) is 5.82 Å². The lowest BCUT2D eigenvalue weighted by Gasteiger charge is -2.29. The molecular weight excluding hydrogens is 457 g/mol. The monoisotopic (exact) mass is 485 g/mol. The first-order valence-electron chi connectivity index (χ1n) is 11.3. The standard InChI is InChI=1S/C25H29ClFN5O2/c1-31-11-8-19(9-12-31)28-10-13-34-23-7-6-20(15-21(23)24-22(26)16-29-32(24)2)30-25(33)17-4-3-5-18(27)14-17/h3-7,14-16,19,28H,8-13H2,1-2H3,(H,30,33). The molecule has 0 saturated carbocycles. The van der Waals surface area contributed by atoms with Crippen molar-refractivity contribution in [1.29, 1.82) is 0 Å². The van der Waals surface area contributed by atoms with Gasteiger partial charge < -0.3 is 20.3 Å². The van der Waals surface area contributed by atoms with Crippen molar-refractivity contribution < 1.29 is 13.9 Å². The highest BCUT2D eigenvalue weighted by atomic mass is 35.5. The van der Waals surface area contributed by atoms with Crippen molar-refractivity contribution in [3.8, 4) is 17.0 Å². The summed E-state index contributed by atoms with van der Waals surface area (Å²) in [7, 11) is 3.94. The van der Waals surface area contributed by atoms with E-state index in [1.165, 1.54) is 18.2 Å². The highest BCUT2D eigenvalue weighted by Gasteiger charge is 2.18. The fourth-order valence-electron chi connectivity index (χ4n) is 4.10. The van der Waals surface area contributed by atoms with Gasteiger partial charge in [0.05, 0.1) is 16.9 Å². The highest BCUT2D eigenvalue weighted by molar-refractivity contribution is 6.33. The second-order valence-corrected chi connectivity index (χ2v) is 8.93. The summed E-state index contributed by atoms with van der Waals surface area (Å²) >= 11 is 6.41. The van der Waals surface area contributed by atoms with Gasteiger partial charge in [-0.25, -0.2) is 4.39 Å².